The summed E-state index contributed by atoms with van der Waals surface area (Å²) in [7, 11) is 0. The van der Waals surface area contributed by atoms with E-state index >= 15 is 0 Å². The van der Waals surface area contributed by atoms with Crippen molar-refractivity contribution in [3.63, 3.8) is 0 Å². The number of nitrogens with one attached hydrogen (secondary N) is 3. The number of aliphatic carboxylic acids is 1. The number of hydrogen-bond acceptors (Lipinski definition) is 6. The van der Waals surface area contributed by atoms with Crippen LogP contribution in [0.2, 0.25) is 0 Å². The van der Waals surface area contributed by atoms with Crippen LogP contribution in [-0.2, 0) is 36.8 Å². The first-order valence-corrected chi connectivity index (χ1v) is 14.7. The molecular weight excluding hydrogens is 536 g/mol. The molecule has 42 heavy (non-hydrogen) atoms. The van der Waals surface area contributed by atoms with Crippen LogP contribution in [-0.4, -0.2) is 84.7 Å². The molecule has 10 nitrogen and oxygen atoms in total. The molecule has 4 N–H and O–H groups in total. The lowest BCUT2D eigenvalue weighted by molar-refractivity contribution is -0.142. The van der Waals surface area contributed by atoms with E-state index in [-0.39, 0.29) is 24.8 Å². The van der Waals surface area contributed by atoms with Gasteiger partial charge in [0.25, 0.3) is 0 Å². The number of carboxylic acid groups (broad SMARTS) is 1. The Kier molecular flexibility index (Phi) is 13.5. The number of nitrogens with zero attached hydrogens (tertiary/aromatic N) is 1. The van der Waals surface area contributed by atoms with Gasteiger partial charge in [0.15, 0.2) is 0 Å². The first kappa shape index (κ1) is 32.8. The predicted octanol–water partition coefficient (Wildman–Crippen LogP) is 2.17. The first-order valence-electron chi connectivity index (χ1n) is 14.7. The van der Waals surface area contributed by atoms with E-state index in [0.29, 0.717) is 52.0 Å². The van der Waals surface area contributed by atoms with Crippen molar-refractivity contribution in [2.24, 2.45) is 5.92 Å². The molecule has 2 aromatic rings. The van der Waals surface area contributed by atoms with E-state index in [9.17, 15) is 24.3 Å². The fourth-order valence-corrected chi connectivity index (χ4v) is 4.79. The predicted molar refractivity (Wildman–Crippen MR) is 160 cm³/mol. The van der Waals surface area contributed by atoms with Gasteiger partial charge in [-0.1, -0.05) is 74.5 Å². The SMILES string of the molecule is CC(C)CC[C@H](NC(=O)[C@H](CCc1ccccc1)NC(=O)CN1CCOCC1)C(=O)N[C@@H](Cc1ccccc1)C(=O)O. The number of carboxylic acids is 1. The summed E-state index contributed by atoms with van der Waals surface area (Å²) in [5.41, 5.74) is 1.80. The minimum Gasteiger partial charge on any atom is -0.480 e. The van der Waals surface area contributed by atoms with E-state index in [4.69, 9.17) is 4.74 Å². The number of ether oxygens (including phenoxy) is 1. The van der Waals surface area contributed by atoms with Crippen LogP contribution in [0.25, 0.3) is 0 Å². The molecule has 0 spiro atoms. The molecule has 2 aromatic carbocycles. The van der Waals surface area contributed by atoms with E-state index in [1.165, 1.54) is 0 Å². The molecule has 1 aliphatic heterocycles. The third kappa shape index (κ3) is 11.6. The van der Waals surface area contributed by atoms with Gasteiger partial charge >= 0.3 is 5.97 Å². The normalized spacial score (nSPS) is 15.8. The second-order valence-corrected chi connectivity index (χ2v) is 11.2. The van der Waals surface area contributed by atoms with Crippen LogP contribution in [0.5, 0.6) is 0 Å². The third-order valence-corrected chi connectivity index (χ3v) is 7.25. The molecule has 1 heterocycles. The van der Waals surface area contributed by atoms with Crippen molar-refractivity contribution in [3.8, 4) is 0 Å². The Morgan fingerprint density at radius 1 is 0.762 bits per heavy atom. The largest absolute Gasteiger partial charge is 0.480 e. The van der Waals surface area contributed by atoms with E-state index in [1.807, 2.05) is 67.3 Å². The van der Waals surface area contributed by atoms with Crippen LogP contribution < -0.4 is 16.0 Å². The van der Waals surface area contributed by atoms with Gasteiger partial charge in [-0.3, -0.25) is 19.3 Å². The Balaban J connectivity index is 1.71. The summed E-state index contributed by atoms with van der Waals surface area (Å²) in [5, 5.41) is 18.1. The van der Waals surface area contributed by atoms with Crippen LogP contribution in [0.15, 0.2) is 60.7 Å². The smallest absolute Gasteiger partial charge is 0.326 e. The molecule has 0 saturated carbocycles. The van der Waals surface area contributed by atoms with Gasteiger partial charge in [-0.2, -0.15) is 0 Å². The fraction of sp³-hybridized carbons (Fsp3) is 0.500. The van der Waals surface area contributed by atoms with Gasteiger partial charge in [0.05, 0.1) is 19.8 Å². The summed E-state index contributed by atoms with van der Waals surface area (Å²) in [6.45, 7) is 6.56. The number of amides is 3. The van der Waals surface area contributed by atoms with Crippen LogP contribution >= 0.6 is 0 Å². The molecule has 1 saturated heterocycles. The Morgan fingerprint density at radius 2 is 1.31 bits per heavy atom. The number of benzene rings is 2. The maximum atomic E-state index is 13.6. The van der Waals surface area contributed by atoms with Gasteiger partial charge in [0, 0.05) is 19.5 Å². The zero-order valence-corrected chi connectivity index (χ0v) is 24.6. The average molecular weight is 581 g/mol. The summed E-state index contributed by atoms with van der Waals surface area (Å²) in [5.74, 6) is -2.20. The summed E-state index contributed by atoms with van der Waals surface area (Å²) in [4.78, 5) is 53.9. The quantitative estimate of drug-likeness (QED) is 0.239. The number of rotatable bonds is 16. The van der Waals surface area contributed by atoms with Crippen molar-refractivity contribution in [3.05, 3.63) is 71.8 Å². The van der Waals surface area contributed by atoms with Gasteiger partial charge in [-0.25, -0.2) is 4.79 Å². The van der Waals surface area contributed by atoms with E-state index in [0.717, 1.165) is 11.1 Å². The number of carbonyl (C=O) groups excluding carboxylic acids is 3. The topological polar surface area (TPSA) is 137 Å². The van der Waals surface area contributed by atoms with Gasteiger partial charge in [-0.15, -0.1) is 0 Å². The van der Waals surface area contributed by atoms with Crippen molar-refractivity contribution < 1.29 is 29.0 Å². The number of morpholine rings is 1. The van der Waals surface area contributed by atoms with Crippen LogP contribution in [0.3, 0.4) is 0 Å². The Bertz CT molecular complexity index is 1140. The number of carbonyl (C=O) groups is 4. The lowest BCUT2D eigenvalue weighted by atomic mass is 10.00. The highest BCUT2D eigenvalue weighted by Crippen LogP contribution is 2.11. The second kappa shape index (κ2) is 17.3. The Morgan fingerprint density at radius 3 is 1.88 bits per heavy atom. The van der Waals surface area contributed by atoms with Crippen molar-refractivity contribution in [2.75, 3.05) is 32.8 Å². The van der Waals surface area contributed by atoms with Crippen molar-refractivity contribution in [1.29, 1.82) is 0 Å². The fourth-order valence-electron chi connectivity index (χ4n) is 4.79. The molecule has 0 radical (unpaired) electrons. The highest BCUT2D eigenvalue weighted by atomic mass is 16.5. The van der Waals surface area contributed by atoms with E-state index in [1.54, 1.807) is 12.1 Å². The average Bonchev–Trinajstić information content (AvgIpc) is 2.98. The lowest BCUT2D eigenvalue weighted by Crippen LogP contribution is -2.57. The summed E-state index contributed by atoms with van der Waals surface area (Å²) in [6, 6.07) is 15.8. The molecule has 3 atom stereocenters. The molecule has 1 aliphatic rings. The Hall–Kier alpha value is -3.76. The number of aryl methyl sites for hydroxylation is 1. The van der Waals surface area contributed by atoms with Crippen molar-refractivity contribution in [2.45, 2.75) is 64.1 Å². The minimum absolute atomic E-state index is 0.115. The zero-order chi connectivity index (χ0) is 30.3. The van der Waals surface area contributed by atoms with Crippen LogP contribution in [0.4, 0.5) is 0 Å². The molecule has 0 aromatic heterocycles. The highest BCUT2D eigenvalue weighted by Gasteiger charge is 2.30. The van der Waals surface area contributed by atoms with Gasteiger partial charge in [-0.05, 0) is 42.7 Å². The molecule has 0 aliphatic carbocycles. The molecule has 1 fully saturated rings. The van der Waals surface area contributed by atoms with E-state index in [2.05, 4.69) is 16.0 Å². The Labute approximate surface area is 248 Å². The molecule has 0 bridgehead atoms. The maximum Gasteiger partial charge on any atom is 0.326 e. The first-order chi connectivity index (χ1) is 20.2. The van der Waals surface area contributed by atoms with Crippen molar-refractivity contribution in [1.82, 2.24) is 20.9 Å². The van der Waals surface area contributed by atoms with Gasteiger partial charge < -0.3 is 25.8 Å². The zero-order valence-electron chi connectivity index (χ0n) is 24.6. The maximum absolute atomic E-state index is 13.6. The molecule has 228 valence electrons. The van der Waals surface area contributed by atoms with Crippen LogP contribution in [0.1, 0.15) is 44.2 Å². The molecule has 10 heteroatoms. The summed E-state index contributed by atoms with van der Waals surface area (Å²) >= 11 is 0. The third-order valence-electron chi connectivity index (χ3n) is 7.25. The number of hydrogen-bond donors (Lipinski definition) is 4. The highest BCUT2D eigenvalue weighted by molar-refractivity contribution is 5.93. The molecular formula is C32H44N4O6. The lowest BCUT2D eigenvalue weighted by Gasteiger charge is -2.28. The van der Waals surface area contributed by atoms with E-state index < -0.39 is 35.9 Å². The minimum atomic E-state index is -1.16. The molecule has 3 rings (SSSR count). The summed E-state index contributed by atoms with van der Waals surface area (Å²) < 4.78 is 5.36. The monoisotopic (exact) mass is 580 g/mol. The molecule has 0 unspecified atom stereocenters. The second-order valence-electron chi connectivity index (χ2n) is 11.2. The standard InChI is InChI=1S/C32H44N4O6/c1-23(2)13-15-27(31(39)35-28(32(40)41)21-25-11-7-4-8-12-25)34-30(38)26(16-14-24-9-5-3-6-10-24)33-29(37)22-36-17-19-42-20-18-36/h3-12,23,26-28H,13-22H2,1-2H3,(H,33,37)(H,34,38)(H,35,39)(H,40,41)/t26-,27-,28-/m0/s1. The van der Waals surface area contributed by atoms with Gasteiger partial charge in [0.1, 0.15) is 18.1 Å². The van der Waals surface area contributed by atoms with Gasteiger partial charge in [0.2, 0.25) is 17.7 Å². The summed E-state index contributed by atoms with van der Waals surface area (Å²) in [6.07, 6.45) is 1.99. The molecule has 3 amide bonds. The van der Waals surface area contributed by atoms with Crippen molar-refractivity contribution >= 4 is 23.7 Å². The van der Waals surface area contributed by atoms with Crippen LogP contribution in [0, 0.1) is 5.92 Å².